The van der Waals surface area contributed by atoms with Crippen molar-refractivity contribution in [1.82, 2.24) is 0 Å². The van der Waals surface area contributed by atoms with Crippen LogP contribution in [0.4, 0.5) is 0 Å². The predicted molar refractivity (Wildman–Crippen MR) is 103 cm³/mol. The van der Waals surface area contributed by atoms with Crippen LogP contribution in [0, 0.1) is 0 Å². The maximum atomic E-state index is 9.89. The van der Waals surface area contributed by atoms with Crippen molar-refractivity contribution in [3.63, 3.8) is 0 Å². The van der Waals surface area contributed by atoms with Gasteiger partial charge in [-0.2, -0.15) is 0 Å². The van der Waals surface area contributed by atoms with E-state index in [9.17, 15) is 10.2 Å². The van der Waals surface area contributed by atoms with E-state index in [0.717, 1.165) is 16.7 Å². The number of ether oxygens (including phenoxy) is 1. The van der Waals surface area contributed by atoms with Crippen molar-refractivity contribution in [3.8, 4) is 22.3 Å². The molecule has 0 bridgehead atoms. The summed E-state index contributed by atoms with van der Waals surface area (Å²) in [6.07, 6.45) is -0.715. The molecule has 0 aliphatic carbocycles. The Balaban J connectivity index is 1.50. The number of hydrogen-bond donors (Lipinski definition) is 2. The maximum Gasteiger partial charge on any atom is 0.107 e. The molecule has 26 heavy (non-hydrogen) atoms. The van der Waals surface area contributed by atoms with E-state index in [-0.39, 0.29) is 12.7 Å². The molecule has 0 radical (unpaired) electrons. The highest BCUT2D eigenvalue weighted by Gasteiger charge is 2.34. The SMILES string of the molecule is OC[C@H]1O[C@H](c2ccc(-c3ccc(-c4ccccc4)cc3)cc2)CC1O. The summed E-state index contributed by atoms with van der Waals surface area (Å²) in [6, 6.07) is 27.1. The van der Waals surface area contributed by atoms with Gasteiger partial charge in [0.15, 0.2) is 0 Å². The molecule has 0 aromatic heterocycles. The van der Waals surface area contributed by atoms with Crippen LogP contribution < -0.4 is 0 Å². The van der Waals surface area contributed by atoms with E-state index in [1.807, 2.05) is 30.3 Å². The molecule has 1 saturated heterocycles. The first-order valence-corrected chi connectivity index (χ1v) is 8.95. The molecule has 2 N–H and O–H groups in total. The molecule has 4 rings (SSSR count). The lowest BCUT2D eigenvalue weighted by Crippen LogP contribution is -2.24. The number of rotatable bonds is 4. The Bertz CT molecular complexity index is 841. The molecule has 3 nitrogen and oxygen atoms in total. The number of hydrogen-bond acceptors (Lipinski definition) is 3. The van der Waals surface area contributed by atoms with Crippen LogP contribution in [-0.2, 0) is 4.74 Å². The van der Waals surface area contributed by atoms with Gasteiger partial charge in [0, 0.05) is 6.42 Å². The van der Waals surface area contributed by atoms with Crippen molar-refractivity contribution in [2.75, 3.05) is 6.61 Å². The quantitative estimate of drug-likeness (QED) is 0.744. The Morgan fingerprint density at radius 3 is 1.73 bits per heavy atom. The molecule has 3 atom stereocenters. The first kappa shape index (κ1) is 17.0. The van der Waals surface area contributed by atoms with Crippen molar-refractivity contribution in [2.24, 2.45) is 0 Å². The average Bonchev–Trinajstić information content (AvgIpc) is 3.10. The van der Waals surface area contributed by atoms with Crippen LogP contribution in [0.1, 0.15) is 18.1 Å². The van der Waals surface area contributed by atoms with Crippen LogP contribution in [0.3, 0.4) is 0 Å². The zero-order valence-electron chi connectivity index (χ0n) is 14.5. The largest absolute Gasteiger partial charge is 0.394 e. The summed E-state index contributed by atoms with van der Waals surface area (Å²) in [6.45, 7) is -0.149. The van der Waals surface area contributed by atoms with Gasteiger partial charge in [0.1, 0.15) is 6.10 Å². The molecule has 1 aliphatic rings. The molecule has 0 amide bonds. The third kappa shape index (κ3) is 3.42. The lowest BCUT2D eigenvalue weighted by atomic mass is 9.98. The minimum absolute atomic E-state index is 0.149. The number of benzene rings is 3. The molecule has 3 aromatic carbocycles. The second-order valence-corrected chi connectivity index (χ2v) is 6.71. The molecule has 0 spiro atoms. The minimum Gasteiger partial charge on any atom is -0.394 e. The summed E-state index contributed by atoms with van der Waals surface area (Å²) in [5.41, 5.74) is 5.76. The van der Waals surface area contributed by atoms with Gasteiger partial charge in [0.05, 0.1) is 18.8 Å². The molecule has 1 heterocycles. The average molecular weight is 346 g/mol. The maximum absolute atomic E-state index is 9.89. The summed E-state index contributed by atoms with van der Waals surface area (Å²) in [4.78, 5) is 0. The molecule has 0 saturated carbocycles. The van der Waals surface area contributed by atoms with Crippen LogP contribution >= 0.6 is 0 Å². The highest BCUT2D eigenvalue weighted by molar-refractivity contribution is 5.70. The minimum atomic E-state index is -0.602. The smallest absolute Gasteiger partial charge is 0.107 e. The summed E-state index contributed by atoms with van der Waals surface area (Å²) < 4.78 is 5.72. The van der Waals surface area contributed by atoms with Crippen molar-refractivity contribution >= 4 is 0 Å². The summed E-state index contributed by atoms with van der Waals surface area (Å²) in [5.74, 6) is 0. The van der Waals surface area contributed by atoms with Gasteiger partial charge in [-0.25, -0.2) is 0 Å². The molecule has 1 unspecified atom stereocenters. The van der Waals surface area contributed by atoms with E-state index in [4.69, 9.17) is 4.74 Å². The highest BCUT2D eigenvalue weighted by atomic mass is 16.5. The monoisotopic (exact) mass is 346 g/mol. The van der Waals surface area contributed by atoms with E-state index >= 15 is 0 Å². The molecular weight excluding hydrogens is 324 g/mol. The fourth-order valence-electron chi connectivity index (χ4n) is 3.48. The van der Waals surface area contributed by atoms with Crippen LogP contribution in [-0.4, -0.2) is 29.0 Å². The fourth-order valence-corrected chi connectivity index (χ4v) is 3.48. The first-order valence-electron chi connectivity index (χ1n) is 8.95. The van der Waals surface area contributed by atoms with Crippen LogP contribution in [0.15, 0.2) is 78.9 Å². The Morgan fingerprint density at radius 1 is 0.731 bits per heavy atom. The lowest BCUT2D eigenvalue weighted by Gasteiger charge is -2.13. The molecule has 132 valence electrons. The van der Waals surface area contributed by atoms with Crippen molar-refractivity contribution in [3.05, 3.63) is 84.4 Å². The Labute approximate surface area is 153 Å². The van der Waals surface area contributed by atoms with Gasteiger partial charge in [0.2, 0.25) is 0 Å². The fraction of sp³-hybridized carbons (Fsp3) is 0.217. The van der Waals surface area contributed by atoms with E-state index in [1.165, 1.54) is 11.1 Å². The molecule has 1 fully saturated rings. The van der Waals surface area contributed by atoms with Gasteiger partial charge in [0.25, 0.3) is 0 Å². The normalized spacial score (nSPS) is 22.5. The first-order chi connectivity index (χ1) is 12.7. The third-order valence-electron chi connectivity index (χ3n) is 5.01. The lowest BCUT2D eigenvalue weighted by molar-refractivity contribution is -0.0225. The second-order valence-electron chi connectivity index (χ2n) is 6.71. The van der Waals surface area contributed by atoms with E-state index in [1.54, 1.807) is 0 Å². The standard InChI is InChI=1S/C23H22O3/c24-15-23-21(25)14-22(26-23)20-12-10-19(11-13-20)18-8-6-17(7-9-18)16-4-2-1-3-5-16/h1-13,21-25H,14-15H2/t21?,22-,23+/m0/s1. The molecule has 1 aliphatic heterocycles. The Morgan fingerprint density at radius 2 is 1.23 bits per heavy atom. The van der Waals surface area contributed by atoms with Gasteiger partial charge in [-0.3, -0.25) is 0 Å². The molecule has 3 heteroatoms. The van der Waals surface area contributed by atoms with E-state index < -0.39 is 12.2 Å². The van der Waals surface area contributed by atoms with Crippen molar-refractivity contribution in [1.29, 1.82) is 0 Å². The van der Waals surface area contributed by atoms with Gasteiger partial charge in [-0.1, -0.05) is 78.9 Å². The number of aliphatic hydroxyl groups excluding tert-OH is 2. The predicted octanol–water partition coefficient (Wildman–Crippen LogP) is 4.20. The second kappa shape index (κ2) is 7.42. The third-order valence-corrected chi connectivity index (χ3v) is 5.01. The number of aliphatic hydroxyl groups is 2. The zero-order valence-corrected chi connectivity index (χ0v) is 14.5. The van der Waals surface area contributed by atoms with Gasteiger partial charge >= 0.3 is 0 Å². The summed E-state index contributed by atoms with van der Waals surface area (Å²) in [5, 5.41) is 19.1. The topological polar surface area (TPSA) is 49.7 Å². The van der Waals surface area contributed by atoms with Crippen molar-refractivity contribution < 1.29 is 14.9 Å². The van der Waals surface area contributed by atoms with Gasteiger partial charge in [-0.05, 0) is 27.8 Å². The summed E-state index contributed by atoms with van der Waals surface area (Å²) >= 11 is 0. The Kier molecular flexibility index (Phi) is 4.85. The highest BCUT2D eigenvalue weighted by Crippen LogP contribution is 2.34. The van der Waals surface area contributed by atoms with Gasteiger partial charge < -0.3 is 14.9 Å². The van der Waals surface area contributed by atoms with Crippen LogP contribution in [0.2, 0.25) is 0 Å². The van der Waals surface area contributed by atoms with Crippen LogP contribution in [0.25, 0.3) is 22.3 Å². The molecular formula is C23H22O3. The Hall–Kier alpha value is -2.46. The molecule has 3 aromatic rings. The zero-order chi connectivity index (χ0) is 17.9. The van der Waals surface area contributed by atoms with Gasteiger partial charge in [-0.15, -0.1) is 0 Å². The van der Waals surface area contributed by atoms with Crippen LogP contribution in [0.5, 0.6) is 0 Å². The summed E-state index contributed by atoms with van der Waals surface area (Å²) in [7, 11) is 0. The van der Waals surface area contributed by atoms with Crippen molar-refractivity contribution in [2.45, 2.75) is 24.7 Å². The van der Waals surface area contributed by atoms with E-state index in [0.29, 0.717) is 6.42 Å². The van der Waals surface area contributed by atoms with E-state index in [2.05, 4.69) is 48.5 Å².